The van der Waals surface area contributed by atoms with Crippen molar-refractivity contribution < 1.29 is 22.7 Å². The molecule has 104 valence electrons. The first-order valence-electron chi connectivity index (χ1n) is 5.84. The lowest BCUT2D eigenvalue weighted by molar-refractivity contribution is 0.0917. The molecule has 2 nitrogen and oxygen atoms in total. The quantitative estimate of drug-likeness (QED) is 0.799. The fraction of sp³-hybridized carbons (Fsp3) is 0.133. The topological polar surface area (TPSA) is 26.3 Å². The largest absolute Gasteiger partial charge is 0.485 e. The molecule has 0 aromatic heterocycles. The van der Waals surface area contributed by atoms with Crippen molar-refractivity contribution in [3.05, 3.63) is 65.0 Å². The Balaban J connectivity index is 2.06. The molecule has 5 heteroatoms. The average Bonchev–Trinajstić information content (AvgIpc) is 2.40. The van der Waals surface area contributed by atoms with Gasteiger partial charge in [0.2, 0.25) is 5.78 Å². The molecule has 0 saturated carbocycles. The number of carbonyl (C=O) groups is 1. The molecule has 0 aliphatic heterocycles. The number of ether oxygens (including phenoxy) is 1. The van der Waals surface area contributed by atoms with Crippen molar-refractivity contribution in [3.63, 3.8) is 0 Å². The summed E-state index contributed by atoms with van der Waals surface area (Å²) in [6.45, 7) is 1.14. The van der Waals surface area contributed by atoms with Gasteiger partial charge in [0.15, 0.2) is 6.61 Å². The zero-order valence-corrected chi connectivity index (χ0v) is 10.6. The molecule has 0 radical (unpaired) electrons. The number of hydrogen-bond donors (Lipinski definition) is 0. The molecular formula is C15H11F3O2. The Kier molecular flexibility index (Phi) is 4.08. The molecule has 0 spiro atoms. The van der Waals surface area contributed by atoms with E-state index in [9.17, 15) is 18.0 Å². The Hall–Kier alpha value is -2.30. The van der Waals surface area contributed by atoms with Gasteiger partial charge in [-0.1, -0.05) is 6.07 Å². The summed E-state index contributed by atoms with van der Waals surface area (Å²) in [6, 6.07) is 6.82. The van der Waals surface area contributed by atoms with Crippen LogP contribution in [-0.2, 0) is 0 Å². The van der Waals surface area contributed by atoms with E-state index in [1.807, 2.05) is 0 Å². The van der Waals surface area contributed by atoms with Crippen molar-refractivity contribution in [2.45, 2.75) is 6.92 Å². The Labute approximate surface area is 113 Å². The molecule has 0 unspecified atom stereocenters. The van der Waals surface area contributed by atoms with E-state index >= 15 is 0 Å². The second-order valence-electron chi connectivity index (χ2n) is 4.25. The maximum atomic E-state index is 13.4. The summed E-state index contributed by atoms with van der Waals surface area (Å²) in [5, 5.41) is 0. The Bertz CT molecular complexity index is 654. The van der Waals surface area contributed by atoms with Gasteiger partial charge in [0.25, 0.3) is 0 Å². The van der Waals surface area contributed by atoms with E-state index in [0.717, 1.165) is 18.2 Å². The predicted molar refractivity (Wildman–Crippen MR) is 67.3 cm³/mol. The highest BCUT2D eigenvalue weighted by atomic mass is 19.1. The van der Waals surface area contributed by atoms with E-state index in [2.05, 4.69) is 0 Å². The lowest BCUT2D eigenvalue weighted by atomic mass is 10.1. The van der Waals surface area contributed by atoms with Crippen LogP contribution in [0, 0.1) is 24.4 Å². The standard InChI is InChI=1S/C15H11F3O2/c1-9-2-4-11(7-13(9)17)20-8-15(19)12-5-3-10(16)6-14(12)18/h2-7H,8H2,1H3. The summed E-state index contributed by atoms with van der Waals surface area (Å²) < 4.78 is 44.4. The summed E-state index contributed by atoms with van der Waals surface area (Å²) in [5.41, 5.74) is 0.187. The van der Waals surface area contributed by atoms with Gasteiger partial charge in [0, 0.05) is 12.1 Å². The smallest absolute Gasteiger partial charge is 0.203 e. The van der Waals surface area contributed by atoms with Crippen LogP contribution in [0.4, 0.5) is 13.2 Å². The maximum absolute atomic E-state index is 13.4. The summed E-state index contributed by atoms with van der Waals surface area (Å²) in [5.74, 6) is -2.65. The van der Waals surface area contributed by atoms with E-state index in [-0.39, 0.29) is 11.3 Å². The third kappa shape index (κ3) is 3.17. The van der Waals surface area contributed by atoms with Gasteiger partial charge in [-0.2, -0.15) is 0 Å². The molecule has 0 amide bonds. The molecule has 0 heterocycles. The SMILES string of the molecule is Cc1ccc(OCC(=O)c2ccc(F)cc2F)cc1F. The van der Waals surface area contributed by atoms with E-state index in [1.165, 1.54) is 12.1 Å². The van der Waals surface area contributed by atoms with Crippen LogP contribution in [0.15, 0.2) is 36.4 Å². The number of carbonyl (C=O) groups excluding carboxylic acids is 1. The van der Waals surface area contributed by atoms with Gasteiger partial charge < -0.3 is 4.74 Å². The summed E-state index contributed by atoms with van der Waals surface area (Å²) in [7, 11) is 0. The van der Waals surface area contributed by atoms with Crippen molar-refractivity contribution in [2.75, 3.05) is 6.61 Å². The molecule has 2 rings (SSSR count). The number of Topliss-reactive ketones (excluding diaryl/α,β-unsaturated/α-hetero) is 1. The van der Waals surface area contributed by atoms with E-state index in [1.54, 1.807) is 6.92 Å². The maximum Gasteiger partial charge on any atom is 0.203 e. The van der Waals surface area contributed by atoms with Crippen LogP contribution in [0.3, 0.4) is 0 Å². The zero-order chi connectivity index (χ0) is 14.7. The first-order chi connectivity index (χ1) is 9.47. The summed E-state index contributed by atoms with van der Waals surface area (Å²) >= 11 is 0. The van der Waals surface area contributed by atoms with Crippen molar-refractivity contribution in [2.24, 2.45) is 0 Å². The molecule has 0 aliphatic rings. The van der Waals surface area contributed by atoms with Gasteiger partial charge in [-0.15, -0.1) is 0 Å². The molecule has 0 atom stereocenters. The van der Waals surface area contributed by atoms with Crippen molar-refractivity contribution >= 4 is 5.78 Å². The van der Waals surface area contributed by atoms with Gasteiger partial charge in [-0.25, -0.2) is 13.2 Å². The number of halogens is 3. The van der Waals surface area contributed by atoms with Crippen LogP contribution in [-0.4, -0.2) is 12.4 Å². The zero-order valence-electron chi connectivity index (χ0n) is 10.6. The van der Waals surface area contributed by atoms with Crippen molar-refractivity contribution in [3.8, 4) is 5.75 Å². The average molecular weight is 280 g/mol. The molecule has 0 aliphatic carbocycles. The fourth-order valence-electron chi connectivity index (χ4n) is 1.61. The molecular weight excluding hydrogens is 269 g/mol. The van der Waals surface area contributed by atoms with Gasteiger partial charge in [0.1, 0.15) is 23.2 Å². The first-order valence-corrected chi connectivity index (χ1v) is 5.84. The highest BCUT2D eigenvalue weighted by Crippen LogP contribution is 2.17. The third-order valence-electron chi connectivity index (χ3n) is 2.74. The fourth-order valence-corrected chi connectivity index (χ4v) is 1.61. The molecule has 20 heavy (non-hydrogen) atoms. The number of benzene rings is 2. The van der Waals surface area contributed by atoms with E-state index in [4.69, 9.17) is 4.74 Å². The van der Waals surface area contributed by atoms with Gasteiger partial charge in [-0.05, 0) is 30.7 Å². The second kappa shape index (κ2) is 5.77. The highest BCUT2D eigenvalue weighted by molar-refractivity contribution is 5.97. The van der Waals surface area contributed by atoms with Gasteiger partial charge in [-0.3, -0.25) is 4.79 Å². The lowest BCUT2D eigenvalue weighted by Crippen LogP contribution is -2.13. The Morgan fingerprint density at radius 1 is 1.05 bits per heavy atom. The molecule has 0 N–H and O–H groups in total. The molecule has 2 aromatic carbocycles. The van der Waals surface area contributed by atoms with Crippen LogP contribution in [0.1, 0.15) is 15.9 Å². The van der Waals surface area contributed by atoms with Gasteiger partial charge >= 0.3 is 0 Å². The molecule has 0 fully saturated rings. The minimum absolute atomic E-state index is 0.170. The normalized spacial score (nSPS) is 10.4. The highest BCUT2D eigenvalue weighted by Gasteiger charge is 2.13. The molecule has 2 aromatic rings. The van der Waals surface area contributed by atoms with Gasteiger partial charge in [0.05, 0.1) is 5.56 Å². The van der Waals surface area contributed by atoms with Crippen LogP contribution >= 0.6 is 0 Å². The van der Waals surface area contributed by atoms with Crippen LogP contribution in [0.5, 0.6) is 5.75 Å². The Morgan fingerprint density at radius 2 is 1.80 bits per heavy atom. The predicted octanol–water partition coefficient (Wildman–Crippen LogP) is 3.67. The minimum atomic E-state index is -0.950. The molecule has 0 bridgehead atoms. The van der Waals surface area contributed by atoms with Crippen molar-refractivity contribution in [1.29, 1.82) is 0 Å². The number of aryl methyl sites for hydroxylation is 1. The summed E-state index contributed by atoms with van der Waals surface area (Å²) in [6.07, 6.45) is 0. The lowest BCUT2D eigenvalue weighted by Gasteiger charge is -2.07. The monoisotopic (exact) mass is 280 g/mol. The number of rotatable bonds is 4. The second-order valence-corrected chi connectivity index (χ2v) is 4.25. The third-order valence-corrected chi connectivity index (χ3v) is 2.74. The number of hydrogen-bond acceptors (Lipinski definition) is 2. The number of ketones is 1. The van der Waals surface area contributed by atoms with E-state index in [0.29, 0.717) is 11.6 Å². The van der Waals surface area contributed by atoms with Crippen molar-refractivity contribution in [1.82, 2.24) is 0 Å². The minimum Gasteiger partial charge on any atom is -0.485 e. The Morgan fingerprint density at radius 3 is 2.45 bits per heavy atom. The van der Waals surface area contributed by atoms with Crippen LogP contribution < -0.4 is 4.74 Å². The van der Waals surface area contributed by atoms with Crippen LogP contribution in [0.25, 0.3) is 0 Å². The summed E-state index contributed by atoms with van der Waals surface area (Å²) in [4.78, 5) is 11.7. The first kappa shape index (κ1) is 14.1. The van der Waals surface area contributed by atoms with Crippen LogP contribution in [0.2, 0.25) is 0 Å². The molecule has 0 saturated heterocycles. The van der Waals surface area contributed by atoms with E-state index < -0.39 is 29.8 Å².